The Labute approximate surface area is 240 Å². The quantitative estimate of drug-likeness (QED) is 0.0985. The average molecular weight is 647 g/mol. The van der Waals surface area contributed by atoms with Crippen LogP contribution in [0.5, 0.6) is 0 Å². The zero-order valence-electron chi connectivity index (χ0n) is 20.2. The van der Waals surface area contributed by atoms with E-state index in [1.165, 1.54) is 54.7 Å². The van der Waals surface area contributed by atoms with Gasteiger partial charge in [-0.1, -0.05) is 39.4 Å². The van der Waals surface area contributed by atoms with Gasteiger partial charge in [0.1, 0.15) is 22.6 Å². The number of thiazole rings is 1. The number of hydrogen-bond acceptors (Lipinski definition) is 9. The molecule has 0 spiro atoms. The molecule has 2 aromatic carbocycles. The van der Waals surface area contributed by atoms with Crippen molar-refractivity contribution in [3.8, 4) is 0 Å². The number of carbonyl (C=O) groups is 3. The van der Waals surface area contributed by atoms with Crippen LogP contribution in [0.3, 0.4) is 0 Å². The van der Waals surface area contributed by atoms with Crippen molar-refractivity contribution >= 4 is 77.7 Å². The highest BCUT2D eigenvalue weighted by Crippen LogP contribution is 2.60. The van der Waals surface area contributed by atoms with Gasteiger partial charge in [0.05, 0.1) is 15.1 Å². The van der Waals surface area contributed by atoms with Crippen molar-refractivity contribution < 1.29 is 33.5 Å². The first kappa shape index (κ1) is 26.4. The summed E-state index contributed by atoms with van der Waals surface area (Å²) in [6, 6.07) is 10.0. The molecule has 4 heterocycles. The second-order valence-electron chi connectivity index (χ2n) is 9.11. The number of β-lactam (4-membered cyclic amide) rings is 1. The lowest BCUT2D eigenvalue weighted by atomic mass is 9.88. The summed E-state index contributed by atoms with van der Waals surface area (Å²) in [6.07, 6.45) is 0.526. The molecule has 2 aromatic heterocycles. The number of carbonyl (C=O) groups excluding carboxylic acids is 2. The molecular weight excluding hydrogens is 631 g/mol. The number of aliphatic carboxylic acids is 1. The standard InChI is InChI=1S/C25H16BrFN4O7S2/c1-11(32)38-20(15-10-29-16-7-4-13(27)9-17(16)40-24(29)28-15)25(26)22(35)30-19(21(33)34)18(39-23(25)30)8-12-2-5-14(6-3-12)31(36)37/h2-7,9-10,20,23H,8H2,1H3,(H,33,34). The number of nitro benzene ring substituents is 1. The van der Waals surface area contributed by atoms with Crippen molar-refractivity contribution in [3.63, 3.8) is 0 Å². The lowest BCUT2D eigenvalue weighted by Crippen LogP contribution is -2.70. The van der Waals surface area contributed by atoms with E-state index >= 15 is 0 Å². The molecule has 204 valence electrons. The minimum atomic E-state index is -1.53. The van der Waals surface area contributed by atoms with Crippen LogP contribution in [0.15, 0.2) is 59.3 Å². The van der Waals surface area contributed by atoms with Gasteiger partial charge in [-0.15, -0.1) is 11.8 Å². The van der Waals surface area contributed by atoms with E-state index in [2.05, 4.69) is 20.9 Å². The van der Waals surface area contributed by atoms with E-state index in [1.807, 2.05) is 0 Å². The molecule has 0 saturated carbocycles. The third kappa shape index (κ3) is 3.98. The van der Waals surface area contributed by atoms with Crippen molar-refractivity contribution in [3.05, 3.63) is 86.5 Å². The molecule has 3 atom stereocenters. The lowest BCUT2D eigenvalue weighted by Gasteiger charge is -2.51. The summed E-state index contributed by atoms with van der Waals surface area (Å²) in [5.74, 6) is -2.98. The molecule has 0 aliphatic carbocycles. The molecule has 15 heteroatoms. The van der Waals surface area contributed by atoms with Crippen LogP contribution in [0.2, 0.25) is 0 Å². The van der Waals surface area contributed by atoms with Crippen LogP contribution in [0, 0.1) is 15.9 Å². The Bertz CT molecular complexity index is 1800. The molecule has 2 aliphatic heterocycles. The molecule has 1 amide bonds. The molecule has 3 unspecified atom stereocenters. The number of esters is 1. The van der Waals surface area contributed by atoms with E-state index in [0.717, 1.165) is 16.7 Å². The summed E-state index contributed by atoms with van der Waals surface area (Å²) >= 11 is 5.87. The fraction of sp³-hybridized carbons (Fsp3) is 0.200. The maximum atomic E-state index is 13.7. The maximum absolute atomic E-state index is 13.7. The van der Waals surface area contributed by atoms with Gasteiger partial charge in [0.2, 0.25) is 0 Å². The number of halogens is 2. The number of allylic oxidation sites excluding steroid dienone is 1. The van der Waals surface area contributed by atoms with Gasteiger partial charge in [0.25, 0.3) is 11.6 Å². The van der Waals surface area contributed by atoms with Crippen molar-refractivity contribution in [2.45, 2.75) is 29.1 Å². The normalized spacial score (nSPS) is 21.0. The number of nitrogens with zero attached hydrogens (tertiary/aromatic N) is 4. The van der Waals surface area contributed by atoms with Crippen LogP contribution in [-0.4, -0.2) is 51.9 Å². The van der Waals surface area contributed by atoms with E-state index in [4.69, 9.17) is 4.74 Å². The SMILES string of the molecule is CC(=O)OC(c1cn2c(n1)sc1cc(F)ccc12)C1(Br)C(=O)N2C(C(=O)O)=C(Cc3ccc([N+](=O)[O-])cc3)SC21. The number of ether oxygens (including phenoxy) is 1. The van der Waals surface area contributed by atoms with Gasteiger partial charge in [0.15, 0.2) is 15.4 Å². The summed E-state index contributed by atoms with van der Waals surface area (Å²) in [5.41, 5.74) is 1.27. The Morgan fingerprint density at radius 3 is 2.67 bits per heavy atom. The monoisotopic (exact) mass is 646 g/mol. The van der Waals surface area contributed by atoms with E-state index in [1.54, 1.807) is 16.7 Å². The largest absolute Gasteiger partial charge is 0.477 e. The number of benzene rings is 2. The average Bonchev–Trinajstić information content (AvgIpc) is 3.56. The third-order valence-corrected chi connectivity index (χ3v) is 10.6. The number of fused-ring (bicyclic) bond motifs is 4. The molecule has 11 nitrogen and oxygen atoms in total. The second-order valence-corrected chi connectivity index (χ2v) is 12.6. The van der Waals surface area contributed by atoms with E-state index in [0.29, 0.717) is 25.6 Å². The Balaban J connectivity index is 1.35. The molecule has 0 bridgehead atoms. The predicted molar refractivity (Wildman–Crippen MR) is 146 cm³/mol. The second kappa shape index (κ2) is 9.38. The van der Waals surface area contributed by atoms with Crippen molar-refractivity contribution in [1.82, 2.24) is 14.3 Å². The summed E-state index contributed by atoms with van der Waals surface area (Å²) in [6.45, 7) is 1.20. The maximum Gasteiger partial charge on any atom is 0.353 e. The van der Waals surface area contributed by atoms with Gasteiger partial charge in [-0.25, -0.2) is 14.2 Å². The Hall–Kier alpha value is -3.82. The Morgan fingerprint density at radius 1 is 1.30 bits per heavy atom. The molecule has 6 rings (SSSR count). The first-order chi connectivity index (χ1) is 19.0. The van der Waals surface area contributed by atoms with Gasteiger partial charge in [-0.2, -0.15) is 0 Å². The van der Waals surface area contributed by atoms with Crippen LogP contribution in [0.4, 0.5) is 10.1 Å². The predicted octanol–water partition coefficient (Wildman–Crippen LogP) is 4.79. The van der Waals surface area contributed by atoms with Crippen molar-refractivity contribution in [1.29, 1.82) is 0 Å². The smallest absolute Gasteiger partial charge is 0.353 e. The lowest BCUT2D eigenvalue weighted by molar-refractivity contribution is -0.384. The van der Waals surface area contributed by atoms with Crippen LogP contribution in [-0.2, 0) is 25.5 Å². The third-order valence-electron chi connectivity index (χ3n) is 6.62. The fourth-order valence-electron chi connectivity index (χ4n) is 4.86. The topological polar surface area (TPSA) is 144 Å². The highest BCUT2D eigenvalue weighted by molar-refractivity contribution is 9.10. The number of carboxylic acid groups (broad SMARTS) is 1. The van der Waals surface area contributed by atoms with Crippen molar-refractivity contribution in [2.24, 2.45) is 0 Å². The van der Waals surface area contributed by atoms with E-state index in [9.17, 15) is 34.0 Å². The van der Waals surface area contributed by atoms with Crippen molar-refractivity contribution in [2.75, 3.05) is 0 Å². The number of hydrogen-bond donors (Lipinski definition) is 1. The fourth-order valence-corrected chi connectivity index (χ4v) is 8.42. The Kier molecular flexibility index (Phi) is 6.19. The van der Waals surface area contributed by atoms with Gasteiger partial charge >= 0.3 is 11.9 Å². The number of non-ortho nitro benzene ring substituents is 1. The summed E-state index contributed by atoms with van der Waals surface area (Å²) in [7, 11) is 0. The molecule has 0 radical (unpaired) electrons. The van der Waals surface area contributed by atoms with Gasteiger partial charge < -0.3 is 9.84 Å². The Morgan fingerprint density at radius 2 is 2.02 bits per heavy atom. The van der Waals surface area contributed by atoms with Crippen LogP contribution in [0.1, 0.15) is 24.3 Å². The highest BCUT2D eigenvalue weighted by atomic mass is 79.9. The number of thioether (sulfide) groups is 1. The van der Waals surface area contributed by atoms with Gasteiger partial charge in [-0.05, 0) is 23.8 Å². The number of rotatable bonds is 7. The first-order valence-corrected chi connectivity index (χ1v) is 14.1. The first-order valence-electron chi connectivity index (χ1n) is 11.6. The number of nitro groups is 1. The molecule has 4 aromatic rings. The van der Waals surface area contributed by atoms with Crippen LogP contribution < -0.4 is 0 Å². The highest BCUT2D eigenvalue weighted by Gasteiger charge is 2.70. The van der Waals surface area contributed by atoms with Crippen LogP contribution in [0.25, 0.3) is 15.2 Å². The minimum absolute atomic E-state index is 0.101. The number of alkyl halides is 1. The molecule has 1 N–H and O–H groups in total. The molecule has 1 fully saturated rings. The van der Waals surface area contributed by atoms with Gasteiger partial charge in [-0.3, -0.25) is 29.0 Å². The number of aromatic nitrogens is 2. The van der Waals surface area contributed by atoms with Crippen LogP contribution >= 0.6 is 39.0 Å². The molecule has 2 aliphatic rings. The zero-order valence-corrected chi connectivity index (χ0v) is 23.5. The number of amides is 1. The minimum Gasteiger partial charge on any atom is -0.477 e. The molecular formula is C25H16BrFN4O7S2. The summed E-state index contributed by atoms with van der Waals surface area (Å²) in [4.78, 5) is 55.1. The summed E-state index contributed by atoms with van der Waals surface area (Å²) < 4.78 is 20.2. The summed E-state index contributed by atoms with van der Waals surface area (Å²) in [5, 5.41) is 20.2. The molecule has 1 saturated heterocycles. The molecule has 40 heavy (non-hydrogen) atoms. The van der Waals surface area contributed by atoms with Gasteiger partial charge in [0, 0.05) is 36.6 Å². The number of carboxylic acids is 1. The van der Waals surface area contributed by atoms with E-state index < -0.39 is 38.6 Å². The van der Waals surface area contributed by atoms with E-state index in [-0.39, 0.29) is 29.3 Å². The zero-order chi connectivity index (χ0) is 28.5. The number of imidazole rings is 1.